The molecule has 0 amide bonds. The first-order chi connectivity index (χ1) is 9.83. The van der Waals surface area contributed by atoms with Crippen molar-refractivity contribution >= 4 is 23.3 Å². The molecule has 0 bridgehead atoms. The second kappa shape index (κ2) is 4.45. The monoisotopic (exact) mass is 286 g/mol. The second-order valence-corrected chi connectivity index (χ2v) is 5.02. The van der Waals surface area contributed by atoms with Crippen LogP contribution in [0.4, 0.5) is 0 Å². The molecular formula is C14H11ClN4O. The average Bonchev–Trinajstić information content (AvgIpc) is 3.05. The molecule has 0 saturated carbocycles. The molecule has 3 heterocycles. The van der Waals surface area contributed by atoms with Crippen molar-refractivity contribution in [1.29, 1.82) is 0 Å². The largest absolute Gasteiger partial charge is 0.461 e. The van der Waals surface area contributed by atoms with Gasteiger partial charge in [-0.1, -0.05) is 12.2 Å². The quantitative estimate of drug-likeness (QED) is 0.644. The summed E-state index contributed by atoms with van der Waals surface area (Å²) in [5.41, 5.74) is 2.71. The Morgan fingerprint density at radius 3 is 3.10 bits per heavy atom. The van der Waals surface area contributed by atoms with Crippen LogP contribution in [0.2, 0.25) is 5.28 Å². The van der Waals surface area contributed by atoms with E-state index < -0.39 is 0 Å². The highest BCUT2D eigenvalue weighted by atomic mass is 35.5. The topological polar surface area (TPSA) is 56.2 Å². The summed E-state index contributed by atoms with van der Waals surface area (Å²) in [7, 11) is 0. The zero-order valence-electron chi connectivity index (χ0n) is 10.6. The van der Waals surface area contributed by atoms with Gasteiger partial charge >= 0.3 is 0 Å². The highest BCUT2D eigenvalue weighted by Crippen LogP contribution is 2.26. The number of rotatable bonds is 1. The standard InChI is InChI=1S/C14H11ClN4O/c15-14-16-10-6-3-1-2-5-9(10)13-17-12(18-19(13)14)11-7-4-8-20-11/h2,4-5,7-8H,1,3,6H2. The second-order valence-electron chi connectivity index (χ2n) is 4.68. The van der Waals surface area contributed by atoms with Gasteiger partial charge in [0.05, 0.1) is 12.0 Å². The van der Waals surface area contributed by atoms with Crippen LogP contribution in [0.1, 0.15) is 24.1 Å². The van der Waals surface area contributed by atoms with Crippen molar-refractivity contribution in [2.24, 2.45) is 0 Å². The van der Waals surface area contributed by atoms with Crippen LogP contribution in [0.25, 0.3) is 23.3 Å². The Hall–Kier alpha value is -2.14. The molecule has 1 aliphatic carbocycles. The molecular weight excluding hydrogens is 276 g/mol. The Labute approximate surface area is 119 Å². The number of hydrogen-bond acceptors (Lipinski definition) is 4. The molecule has 6 heteroatoms. The Balaban J connectivity index is 2.01. The van der Waals surface area contributed by atoms with Crippen molar-refractivity contribution in [3.8, 4) is 11.6 Å². The first kappa shape index (κ1) is 11.7. The number of halogens is 1. The molecule has 0 N–H and O–H groups in total. The zero-order chi connectivity index (χ0) is 13.5. The summed E-state index contributed by atoms with van der Waals surface area (Å²) in [6.45, 7) is 0. The summed E-state index contributed by atoms with van der Waals surface area (Å²) in [5, 5.41) is 4.71. The average molecular weight is 287 g/mol. The fourth-order valence-electron chi connectivity index (χ4n) is 2.42. The van der Waals surface area contributed by atoms with E-state index in [9.17, 15) is 0 Å². The van der Waals surface area contributed by atoms with Crippen LogP contribution in [-0.4, -0.2) is 19.6 Å². The van der Waals surface area contributed by atoms with Crippen molar-refractivity contribution < 1.29 is 4.42 Å². The Morgan fingerprint density at radius 1 is 1.30 bits per heavy atom. The van der Waals surface area contributed by atoms with E-state index in [0.717, 1.165) is 36.2 Å². The lowest BCUT2D eigenvalue weighted by Gasteiger charge is -2.04. The molecule has 3 aromatic rings. The molecule has 0 aliphatic heterocycles. The molecule has 4 rings (SSSR count). The zero-order valence-corrected chi connectivity index (χ0v) is 11.3. The van der Waals surface area contributed by atoms with Gasteiger partial charge in [-0.25, -0.2) is 9.97 Å². The molecule has 0 atom stereocenters. The lowest BCUT2D eigenvalue weighted by molar-refractivity contribution is 0.577. The summed E-state index contributed by atoms with van der Waals surface area (Å²) in [6, 6.07) is 3.63. The van der Waals surface area contributed by atoms with Gasteiger partial charge in [-0.15, -0.1) is 5.10 Å². The third kappa shape index (κ3) is 1.74. The molecule has 0 saturated heterocycles. The van der Waals surface area contributed by atoms with E-state index in [0.29, 0.717) is 16.9 Å². The van der Waals surface area contributed by atoms with Crippen molar-refractivity contribution in [3.05, 3.63) is 41.0 Å². The van der Waals surface area contributed by atoms with Crippen LogP contribution >= 0.6 is 11.6 Å². The lowest BCUT2D eigenvalue weighted by atomic mass is 10.1. The first-order valence-electron chi connectivity index (χ1n) is 6.48. The van der Waals surface area contributed by atoms with Crippen LogP contribution in [0.5, 0.6) is 0 Å². The van der Waals surface area contributed by atoms with Crippen LogP contribution in [-0.2, 0) is 6.42 Å². The SMILES string of the molecule is Clc1nc2c(c3nc(-c4ccco4)nn13)C=CCCC2. The number of aryl methyl sites for hydroxylation is 1. The Kier molecular flexibility index (Phi) is 2.60. The predicted octanol–water partition coefficient (Wildman–Crippen LogP) is 3.39. The normalized spacial score (nSPS) is 14.4. The van der Waals surface area contributed by atoms with Crippen molar-refractivity contribution in [2.75, 3.05) is 0 Å². The molecule has 1 aliphatic rings. The molecule has 0 radical (unpaired) electrons. The minimum atomic E-state index is 0.333. The van der Waals surface area contributed by atoms with E-state index in [2.05, 4.69) is 27.2 Å². The number of nitrogens with zero attached hydrogens (tertiary/aromatic N) is 4. The summed E-state index contributed by atoms with van der Waals surface area (Å²) >= 11 is 6.22. The van der Waals surface area contributed by atoms with Crippen molar-refractivity contribution in [1.82, 2.24) is 19.6 Å². The summed E-state index contributed by atoms with van der Waals surface area (Å²) < 4.78 is 6.90. The maximum atomic E-state index is 6.22. The smallest absolute Gasteiger partial charge is 0.225 e. The fraction of sp³-hybridized carbons (Fsp3) is 0.214. The van der Waals surface area contributed by atoms with E-state index in [4.69, 9.17) is 16.0 Å². The maximum Gasteiger partial charge on any atom is 0.225 e. The molecule has 0 aromatic carbocycles. The van der Waals surface area contributed by atoms with Crippen LogP contribution in [0, 0.1) is 0 Å². The van der Waals surface area contributed by atoms with Crippen molar-refractivity contribution in [2.45, 2.75) is 19.3 Å². The highest BCUT2D eigenvalue weighted by Gasteiger charge is 2.18. The highest BCUT2D eigenvalue weighted by molar-refractivity contribution is 6.28. The number of aromatic nitrogens is 4. The van der Waals surface area contributed by atoms with E-state index in [1.807, 2.05) is 6.07 Å². The Morgan fingerprint density at radius 2 is 2.25 bits per heavy atom. The van der Waals surface area contributed by atoms with Gasteiger partial charge in [0.15, 0.2) is 11.4 Å². The summed E-state index contributed by atoms with van der Waals surface area (Å²) in [5.74, 6) is 1.14. The van der Waals surface area contributed by atoms with Gasteiger partial charge in [-0.05, 0) is 43.0 Å². The number of allylic oxidation sites excluding steroid dienone is 1. The maximum absolute atomic E-state index is 6.22. The molecule has 100 valence electrons. The number of fused-ring (bicyclic) bond motifs is 3. The van der Waals surface area contributed by atoms with Gasteiger partial charge in [0, 0.05) is 5.56 Å². The van der Waals surface area contributed by atoms with Gasteiger partial charge in [0.25, 0.3) is 0 Å². The molecule has 0 fully saturated rings. The van der Waals surface area contributed by atoms with E-state index in [1.165, 1.54) is 0 Å². The number of furan rings is 1. The summed E-state index contributed by atoms with van der Waals surface area (Å²) in [4.78, 5) is 8.99. The van der Waals surface area contributed by atoms with Crippen LogP contribution in [0.15, 0.2) is 28.9 Å². The van der Waals surface area contributed by atoms with Crippen molar-refractivity contribution in [3.63, 3.8) is 0 Å². The van der Waals surface area contributed by atoms with Gasteiger partial charge < -0.3 is 4.42 Å². The third-order valence-electron chi connectivity index (χ3n) is 3.37. The van der Waals surface area contributed by atoms with Gasteiger partial charge in [-0.2, -0.15) is 4.52 Å². The molecule has 3 aromatic heterocycles. The third-order valence-corrected chi connectivity index (χ3v) is 3.62. The molecule has 20 heavy (non-hydrogen) atoms. The van der Waals surface area contributed by atoms with E-state index in [-0.39, 0.29) is 0 Å². The van der Waals surface area contributed by atoms with Crippen LogP contribution < -0.4 is 0 Å². The molecule has 0 unspecified atom stereocenters. The van der Waals surface area contributed by atoms with Gasteiger partial charge in [0.1, 0.15) is 0 Å². The lowest BCUT2D eigenvalue weighted by Crippen LogP contribution is -2.02. The van der Waals surface area contributed by atoms with Crippen LogP contribution in [0.3, 0.4) is 0 Å². The number of hydrogen-bond donors (Lipinski definition) is 0. The summed E-state index contributed by atoms with van der Waals surface area (Å²) in [6.07, 6.45) is 8.81. The van der Waals surface area contributed by atoms with Gasteiger partial charge in [0.2, 0.25) is 11.1 Å². The Bertz CT molecular complexity index is 804. The first-order valence-corrected chi connectivity index (χ1v) is 6.86. The van der Waals surface area contributed by atoms with E-state index >= 15 is 0 Å². The minimum absolute atomic E-state index is 0.333. The minimum Gasteiger partial charge on any atom is -0.461 e. The molecule has 5 nitrogen and oxygen atoms in total. The fourth-order valence-corrected chi connectivity index (χ4v) is 2.64. The predicted molar refractivity (Wildman–Crippen MR) is 75.5 cm³/mol. The molecule has 0 spiro atoms. The van der Waals surface area contributed by atoms with E-state index in [1.54, 1.807) is 16.8 Å². The van der Waals surface area contributed by atoms with Gasteiger partial charge in [-0.3, -0.25) is 0 Å².